The molecular formula is C31H40ClFN4O6S. The van der Waals surface area contributed by atoms with E-state index < -0.39 is 39.8 Å². The number of benzene rings is 2. The average molecular weight is 651 g/mol. The molecule has 3 aliphatic heterocycles. The van der Waals surface area contributed by atoms with Gasteiger partial charge in [0.15, 0.2) is 0 Å². The van der Waals surface area contributed by atoms with E-state index in [1.807, 2.05) is 12.1 Å². The first-order chi connectivity index (χ1) is 21.0. The number of halogens is 2. The van der Waals surface area contributed by atoms with E-state index >= 15 is 4.39 Å². The van der Waals surface area contributed by atoms with Crippen LogP contribution in [0.15, 0.2) is 42.5 Å². The summed E-state index contributed by atoms with van der Waals surface area (Å²) >= 11 is 6.16. The molecule has 2 bridgehead atoms. The minimum absolute atomic E-state index is 0.0485. The Morgan fingerprint density at radius 1 is 1.18 bits per heavy atom. The van der Waals surface area contributed by atoms with Crippen molar-refractivity contribution in [3.63, 3.8) is 0 Å². The zero-order valence-corrected chi connectivity index (χ0v) is 26.3. The van der Waals surface area contributed by atoms with E-state index in [9.17, 15) is 23.1 Å². The van der Waals surface area contributed by atoms with Crippen LogP contribution in [0.25, 0.3) is 0 Å². The lowest BCUT2D eigenvalue weighted by atomic mass is 9.76. The molecule has 3 fully saturated rings. The van der Waals surface area contributed by atoms with Gasteiger partial charge in [-0.1, -0.05) is 29.8 Å². The summed E-state index contributed by atoms with van der Waals surface area (Å²) in [5.41, 5.74) is 1.26. The first-order valence-electron chi connectivity index (χ1n) is 15.1. The Morgan fingerprint density at radius 3 is 2.61 bits per heavy atom. The van der Waals surface area contributed by atoms with Crippen molar-refractivity contribution in [1.82, 2.24) is 14.5 Å². The van der Waals surface area contributed by atoms with E-state index in [0.717, 1.165) is 16.9 Å². The van der Waals surface area contributed by atoms with Gasteiger partial charge in [-0.3, -0.25) is 9.69 Å². The monoisotopic (exact) mass is 650 g/mol. The van der Waals surface area contributed by atoms with E-state index in [4.69, 9.17) is 16.3 Å². The van der Waals surface area contributed by atoms with Gasteiger partial charge >= 0.3 is 6.09 Å². The molecule has 0 radical (unpaired) electrons. The fourth-order valence-corrected chi connectivity index (χ4v) is 8.80. The van der Waals surface area contributed by atoms with E-state index in [1.165, 1.54) is 19.2 Å². The van der Waals surface area contributed by atoms with Crippen LogP contribution >= 0.6 is 11.6 Å². The Kier molecular flexibility index (Phi) is 10.5. The molecule has 3 heterocycles. The molecule has 3 saturated heterocycles. The number of rotatable bonds is 9. The normalized spacial score (nSPS) is 24.9. The number of anilines is 1. The lowest BCUT2D eigenvalue weighted by molar-refractivity contribution is -0.122. The van der Waals surface area contributed by atoms with Gasteiger partial charge < -0.3 is 20.5 Å². The Morgan fingerprint density at radius 2 is 1.91 bits per heavy atom. The molecule has 3 N–H and O–H groups in total. The summed E-state index contributed by atoms with van der Waals surface area (Å²) in [6.45, 7) is 1.86. The molecule has 5 atom stereocenters. The highest BCUT2D eigenvalue weighted by Crippen LogP contribution is 2.38. The van der Waals surface area contributed by atoms with Crippen LogP contribution in [-0.2, 0) is 26.0 Å². The summed E-state index contributed by atoms with van der Waals surface area (Å²) in [6, 6.07) is 10.1. The zero-order valence-electron chi connectivity index (χ0n) is 24.8. The van der Waals surface area contributed by atoms with Crippen LogP contribution in [0.5, 0.6) is 0 Å². The van der Waals surface area contributed by atoms with E-state index in [0.29, 0.717) is 57.0 Å². The average Bonchev–Trinajstić information content (AvgIpc) is 3.12. The number of ether oxygens (including phenoxy) is 1. The lowest BCUT2D eigenvalue weighted by Gasteiger charge is -2.39. The van der Waals surface area contributed by atoms with Crippen molar-refractivity contribution in [2.45, 2.75) is 62.6 Å². The predicted octanol–water partition coefficient (Wildman–Crippen LogP) is 4.31. The fraction of sp³-hybridized carbons (Fsp3) is 0.548. The van der Waals surface area contributed by atoms with Gasteiger partial charge in [0.25, 0.3) is 0 Å². The molecule has 240 valence electrons. The minimum Gasteiger partial charge on any atom is -0.465 e. The van der Waals surface area contributed by atoms with Gasteiger partial charge in [0.1, 0.15) is 11.9 Å². The zero-order chi connectivity index (χ0) is 31.4. The van der Waals surface area contributed by atoms with Crippen molar-refractivity contribution in [3.8, 4) is 0 Å². The standard InChI is InChI=1S/C31H40ClFN4O6S/c1-36(31(39)40)29(28(21-13-15-43-16-14-21)20-7-9-22(32)10-8-20)30(38)35-27-6-2-5-26(33)25(27)12-11-24-18-34-23-4-3-17-44(41,42)37(24)19-23/h2,5-10,21,23-24,28-29,34H,3-4,11-19H2,1H3,(H,35,38)(H,39,40)/t23?,24?,28-,29-/m0/s1. The second-order valence-electron chi connectivity index (χ2n) is 11.9. The van der Waals surface area contributed by atoms with Crippen LogP contribution < -0.4 is 10.6 Å². The highest BCUT2D eigenvalue weighted by molar-refractivity contribution is 7.89. The number of carbonyl (C=O) groups is 2. The molecule has 3 aliphatic rings. The quantitative estimate of drug-likeness (QED) is 0.369. The van der Waals surface area contributed by atoms with Crippen molar-refractivity contribution in [1.29, 1.82) is 0 Å². The van der Waals surface area contributed by atoms with Crippen molar-refractivity contribution in [3.05, 3.63) is 64.4 Å². The number of hydrogen-bond acceptors (Lipinski definition) is 6. The van der Waals surface area contributed by atoms with Crippen LogP contribution in [0.4, 0.5) is 14.9 Å². The Hall–Kier alpha value is -2.77. The maximum absolute atomic E-state index is 15.3. The molecule has 44 heavy (non-hydrogen) atoms. The Labute approximate surface area is 262 Å². The number of nitrogens with one attached hydrogen (secondary N) is 2. The SMILES string of the molecule is CN(C(=O)O)[C@H](C(=O)Nc1cccc(F)c1CCC1CNC2CCCS(=O)(=O)N1C2)[C@@H](c1ccc(Cl)cc1)C1CCOCC1. The predicted molar refractivity (Wildman–Crippen MR) is 166 cm³/mol. The number of piperazine rings is 1. The fourth-order valence-electron chi connectivity index (χ4n) is 6.86. The van der Waals surface area contributed by atoms with E-state index in [2.05, 4.69) is 10.6 Å². The number of likely N-dealkylation sites (N-methyl/N-ethyl adjacent to an activating group) is 1. The molecule has 10 nitrogen and oxygen atoms in total. The summed E-state index contributed by atoms with van der Waals surface area (Å²) in [5.74, 6) is -1.56. The molecule has 2 aromatic carbocycles. The van der Waals surface area contributed by atoms with Crippen molar-refractivity contribution in [2.24, 2.45) is 5.92 Å². The second-order valence-corrected chi connectivity index (χ2v) is 14.4. The van der Waals surface area contributed by atoms with Gasteiger partial charge in [-0.15, -0.1) is 0 Å². The topological polar surface area (TPSA) is 128 Å². The van der Waals surface area contributed by atoms with Gasteiger partial charge in [-0.25, -0.2) is 17.6 Å². The third-order valence-corrected chi connectivity index (χ3v) is 11.4. The Bertz CT molecular complexity index is 1440. The molecule has 0 aromatic heterocycles. The summed E-state index contributed by atoms with van der Waals surface area (Å²) in [6.07, 6.45) is 1.96. The first-order valence-corrected chi connectivity index (χ1v) is 17.1. The van der Waals surface area contributed by atoms with Gasteiger partial charge in [0.2, 0.25) is 15.9 Å². The van der Waals surface area contributed by atoms with Gasteiger partial charge in [-0.2, -0.15) is 4.31 Å². The van der Waals surface area contributed by atoms with Gasteiger partial charge in [0, 0.05) is 67.6 Å². The van der Waals surface area contributed by atoms with Gasteiger partial charge in [-0.05, 0) is 74.3 Å². The highest BCUT2D eigenvalue weighted by Gasteiger charge is 2.41. The number of carboxylic acid groups (broad SMARTS) is 1. The first kappa shape index (κ1) is 32.6. The summed E-state index contributed by atoms with van der Waals surface area (Å²) in [7, 11) is -2.04. The summed E-state index contributed by atoms with van der Waals surface area (Å²) in [5, 5.41) is 16.9. The van der Waals surface area contributed by atoms with Crippen LogP contribution in [-0.4, -0.2) is 92.0 Å². The number of carbonyl (C=O) groups excluding carboxylic acids is 1. The van der Waals surface area contributed by atoms with E-state index in [-0.39, 0.29) is 41.4 Å². The summed E-state index contributed by atoms with van der Waals surface area (Å²) in [4.78, 5) is 27.4. The number of amides is 2. The molecule has 0 saturated carbocycles. The molecule has 5 rings (SSSR count). The number of sulfonamides is 1. The highest BCUT2D eigenvalue weighted by atomic mass is 35.5. The third kappa shape index (κ3) is 7.37. The second kappa shape index (κ2) is 14.1. The minimum atomic E-state index is -3.41. The largest absolute Gasteiger partial charge is 0.465 e. The number of fused-ring (bicyclic) bond motifs is 2. The van der Waals surface area contributed by atoms with E-state index in [1.54, 1.807) is 22.5 Å². The molecule has 0 aliphatic carbocycles. The van der Waals surface area contributed by atoms with Crippen LogP contribution in [0, 0.1) is 11.7 Å². The van der Waals surface area contributed by atoms with Crippen LogP contribution in [0.3, 0.4) is 0 Å². The summed E-state index contributed by atoms with van der Waals surface area (Å²) < 4.78 is 48.3. The smallest absolute Gasteiger partial charge is 0.407 e. The van der Waals surface area contributed by atoms with Crippen LogP contribution in [0.2, 0.25) is 5.02 Å². The number of hydrogen-bond donors (Lipinski definition) is 3. The molecule has 3 unspecified atom stereocenters. The lowest BCUT2D eigenvalue weighted by Crippen LogP contribution is -2.57. The molecule has 0 spiro atoms. The van der Waals surface area contributed by atoms with Crippen molar-refractivity contribution in [2.75, 3.05) is 44.4 Å². The Balaban J connectivity index is 1.42. The maximum atomic E-state index is 15.3. The van der Waals surface area contributed by atoms with Gasteiger partial charge in [0.05, 0.1) is 5.75 Å². The maximum Gasteiger partial charge on any atom is 0.407 e. The van der Waals surface area contributed by atoms with Crippen LogP contribution in [0.1, 0.15) is 49.1 Å². The molecule has 2 aromatic rings. The third-order valence-electron chi connectivity index (χ3n) is 9.22. The molecule has 13 heteroatoms. The molecule has 2 amide bonds. The number of nitrogens with zero attached hydrogens (tertiary/aromatic N) is 2. The van der Waals surface area contributed by atoms with Crippen molar-refractivity contribution >= 4 is 39.3 Å². The van der Waals surface area contributed by atoms with Crippen molar-refractivity contribution < 1.29 is 32.2 Å². The molecular weight excluding hydrogens is 611 g/mol.